The third kappa shape index (κ3) is 3.37. The molecule has 3 fully saturated rings. The molecule has 2 aliphatic heterocycles. The summed E-state index contributed by atoms with van der Waals surface area (Å²) in [4.78, 5) is 27.4. The molecule has 2 saturated heterocycles. The van der Waals surface area contributed by atoms with E-state index in [4.69, 9.17) is 4.98 Å². The van der Waals surface area contributed by atoms with Crippen LogP contribution in [0, 0.1) is 0 Å². The van der Waals surface area contributed by atoms with Gasteiger partial charge in [-0.2, -0.15) is 0 Å². The minimum Gasteiger partial charge on any atom is -0.391 e. The second-order valence-corrected chi connectivity index (χ2v) is 8.45. The summed E-state index contributed by atoms with van der Waals surface area (Å²) >= 11 is 0. The zero-order valence-electron chi connectivity index (χ0n) is 16.3. The van der Waals surface area contributed by atoms with Crippen molar-refractivity contribution in [2.24, 2.45) is 0 Å². The van der Waals surface area contributed by atoms with Gasteiger partial charge in [0.1, 0.15) is 17.2 Å². The van der Waals surface area contributed by atoms with Crippen molar-refractivity contribution in [1.82, 2.24) is 19.8 Å². The van der Waals surface area contributed by atoms with Crippen molar-refractivity contribution < 1.29 is 9.90 Å². The predicted molar refractivity (Wildman–Crippen MR) is 109 cm³/mol. The van der Waals surface area contributed by atoms with Gasteiger partial charge in [0.15, 0.2) is 0 Å². The third-order valence-electron chi connectivity index (χ3n) is 6.63. The normalized spacial score (nSPS) is 24.5. The first-order chi connectivity index (χ1) is 13.7. The molecule has 28 heavy (non-hydrogen) atoms. The number of amides is 1. The van der Waals surface area contributed by atoms with Crippen LogP contribution in [-0.2, 0) is 0 Å². The molecule has 0 bridgehead atoms. The van der Waals surface area contributed by atoms with Crippen LogP contribution in [0.2, 0.25) is 0 Å². The quantitative estimate of drug-likeness (QED) is 0.846. The van der Waals surface area contributed by atoms with Crippen molar-refractivity contribution in [1.29, 1.82) is 0 Å². The number of β-amino-alcohol motifs (C(OH)–C–C–N with tert-alkyl or cyclic N) is 1. The predicted octanol–water partition coefficient (Wildman–Crippen LogP) is 1.83. The maximum absolute atomic E-state index is 12.7. The molecule has 0 aromatic carbocycles. The summed E-state index contributed by atoms with van der Waals surface area (Å²) in [5.74, 6) is 0.928. The Kier molecular flexibility index (Phi) is 4.72. The number of fused-ring (bicyclic) bond motifs is 1. The van der Waals surface area contributed by atoms with Gasteiger partial charge in [-0.3, -0.25) is 9.69 Å². The average molecular weight is 383 g/mol. The maximum Gasteiger partial charge on any atom is 0.270 e. The van der Waals surface area contributed by atoms with E-state index < -0.39 is 6.10 Å². The molecule has 0 spiro atoms. The number of hydrogen-bond acceptors (Lipinski definition) is 5. The number of carbonyl (C=O) groups excluding carboxylic acids is 1. The van der Waals surface area contributed by atoms with Crippen LogP contribution in [0.25, 0.3) is 11.0 Å². The number of H-pyrrole nitrogens is 1. The summed E-state index contributed by atoms with van der Waals surface area (Å²) in [5, 5.41) is 10.6. The minimum absolute atomic E-state index is 0.0544. The summed E-state index contributed by atoms with van der Waals surface area (Å²) in [6.45, 7) is 5.25. The molecule has 150 valence electrons. The largest absolute Gasteiger partial charge is 0.391 e. The van der Waals surface area contributed by atoms with Crippen LogP contribution in [0.15, 0.2) is 18.2 Å². The van der Waals surface area contributed by atoms with Gasteiger partial charge < -0.3 is 19.9 Å². The molecule has 2 N–H and O–H groups in total. The number of piperazine rings is 1. The summed E-state index contributed by atoms with van der Waals surface area (Å²) in [7, 11) is 0. The Bertz CT molecular complexity index is 852. The number of carbonyl (C=O) groups is 1. The van der Waals surface area contributed by atoms with Crippen molar-refractivity contribution in [3.63, 3.8) is 0 Å². The Hall–Kier alpha value is -2.12. The molecule has 1 atom stereocenters. The van der Waals surface area contributed by atoms with E-state index in [0.29, 0.717) is 25.2 Å². The van der Waals surface area contributed by atoms with Crippen LogP contribution >= 0.6 is 0 Å². The van der Waals surface area contributed by atoms with Crippen LogP contribution in [0.5, 0.6) is 0 Å². The lowest BCUT2D eigenvalue weighted by Gasteiger charge is -2.38. The molecule has 0 radical (unpaired) electrons. The molecule has 1 amide bonds. The number of aliphatic hydroxyl groups excluding tert-OH is 1. The monoisotopic (exact) mass is 383 g/mol. The van der Waals surface area contributed by atoms with Gasteiger partial charge in [-0.25, -0.2) is 4.98 Å². The molecule has 4 heterocycles. The Morgan fingerprint density at radius 3 is 2.57 bits per heavy atom. The zero-order valence-corrected chi connectivity index (χ0v) is 16.3. The first-order valence-electron chi connectivity index (χ1n) is 10.6. The number of likely N-dealkylation sites (tertiary alicyclic amines) is 1. The summed E-state index contributed by atoms with van der Waals surface area (Å²) < 4.78 is 0. The second kappa shape index (κ2) is 7.37. The fourth-order valence-corrected chi connectivity index (χ4v) is 4.97. The third-order valence-corrected chi connectivity index (χ3v) is 6.63. The van der Waals surface area contributed by atoms with E-state index in [9.17, 15) is 9.90 Å². The second-order valence-electron chi connectivity index (χ2n) is 8.45. The van der Waals surface area contributed by atoms with Crippen molar-refractivity contribution in [2.45, 2.75) is 44.2 Å². The fraction of sp³-hybridized carbons (Fsp3) is 0.619. The molecule has 2 aromatic rings. The topological polar surface area (TPSA) is 75.7 Å². The number of nitrogens with zero attached hydrogens (tertiary/aromatic N) is 4. The number of aliphatic hydroxyl groups is 1. The van der Waals surface area contributed by atoms with Crippen LogP contribution in [0.4, 0.5) is 5.82 Å². The molecule has 1 aliphatic carbocycles. The van der Waals surface area contributed by atoms with Crippen molar-refractivity contribution in [2.75, 3.05) is 44.2 Å². The Morgan fingerprint density at radius 2 is 1.86 bits per heavy atom. The molecule has 7 nitrogen and oxygen atoms in total. The van der Waals surface area contributed by atoms with E-state index in [1.54, 1.807) is 4.90 Å². The van der Waals surface area contributed by atoms with E-state index in [1.165, 1.54) is 25.7 Å². The van der Waals surface area contributed by atoms with Gasteiger partial charge in [0.2, 0.25) is 0 Å². The maximum atomic E-state index is 12.7. The Morgan fingerprint density at radius 1 is 1.07 bits per heavy atom. The molecule has 2 aromatic heterocycles. The lowest BCUT2D eigenvalue weighted by Crippen LogP contribution is -2.49. The smallest absolute Gasteiger partial charge is 0.270 e. The lowest BCUT2D eigenvalue weighted by molar-refractivity contribution is 0.0760. The lowest BCUT2D eigenvalue weighted by atomic mass is 10.2. The van der Waals surface area contributed by atoms with E-state index >= 15 is 0 Å². The number of pyridine rings is 1. The van der Waals surface area contributed by atoms with Crippen LogP contribution in [0.3, 0.4) is 0 Å². The highest BCUT2D eigenvalue weighted by Crippen LogP contribution is 2.26. The summed E-state index contributed by atoms with van der Waals surface area (Å²) in [5.41, 5.74) is 1.32. The summed E-state index contributed by atoms with van der Waals surface area (Å²) in [6.07, 6.45) is 5.73. The first-order valence-corrected chi connectivity index (χ1v) is 10.6. The van der Waals surface area contributed by atoms with Crippen molar-refractivity contribution in [3.8, 4) is 0 Å². The number of anilines is 1. The standard InChI is InChI=1S/C21H29N5O2/c27-17-7-8-26(14-17)21(28)18-13-15-5-6-19(23-20(15)22-18)25-11-9-24(10-12-25)16-3-1-2-4-16/h5-6,13,16-17,27H,1-4,7-12,14H2,(H,22,23). The van der Waals surface area contributed by atoms with Crippen molar-refractivity contribution >= 4 is 22.8 Å². The Balaban J connectivity index is 1.28. The fourth-order valence-electron chi connectivity index (χ4n) is 4.97. The number of nitrogens with one attached hydrogen (secondary N) is 1. The van der Waals surface area contributed by atoms with E-state index in [0.717, 1.165) is 49.1 Å². The van der Waals surface area contributed by atoms with E-state index in [-0.39, 0.29) is 5.91 Å². The van der Waals surface area contributed by atoms with Crippen LogP contribution < -0.4 is 4.90 Å². The van der Waals surface area contributed by atoms with Gasteiger partial charge in [0, 0.05) is 50.7 Å². The Labute approximate surface area is 165 Å². The highest BCUT2D eigenvalue weighted by atomic mass is 16.3. The molecule has 5 rings (SSSR count). The zero-order chi connectivity index (χ0) is 19.1. The molecular formula is C21H29N5O2. The molecular weight excluding hydrogens is 354 g/mol. The number of aromatic nitrogens is 2. The van der Waals surface area contributed by atoms with Gasteiger partial charge in [-0.05, 0) is 37.5 Å². The molecule has 1 unspecified atom stereocenters. The molecule has 7 heteroatoms. The number of rotatable bonds is 3. The van der Waals surface area contributed by atoms with E-state index in [1.807, 2.05) is 12.1 Å². The summed E-state index contributed by atoms with van der Waals surface area (Å²) in [6, 6.07) is 6.78. The van der Waals surface area contributed by atoms with Gasteiger partial charge >= 0.3 is 0 Å². The van der Waals surface area contributed by atoms with Gasteiger partial charge in [-0.15, -0.1) is 0 Å². The molecule has 3 aliphatic rings. The number of aromatic amines is 1. The van der Waals surface area contributed by atoms with Gasteiger partial charge in [-0.1, -0.05) is 12.8 Å². The number of hydrogen-bond donors (Lipinski definition) is 2. The average Bonchev–Trinajstić information content (AvgIpc) is 3.47. The molecule has 1 saturated carbocycles. The minimum atomic E-state index is -0.402. The van der Waals surface area contributed by atoms with E-state index in [2.05, 4.69) is 20.9 Å². The van der Waals surface area contributed by atoms with Crippen molar-refractivity contribution in [3.05, 3.63) is 23.9 Å². The van der Waals surface area contributed by atoms with Crippen LogP contribution in [-0.4, -0.2) is 82.2 Å². The first kappa shape index (κ1) is 17.9. The van der Waals surface area contributed by atoms with Gasteiger partial charge in [0.05, 0.1) is 6.10 Å². The van der Waals surface area contributed by atoms with Crippen LogP contribution in [0.1, 0.15) is 42.6 Å². The highest BCUT2D eigenvalue weighted by Gasteiger charge is 2.28. The SMILES string of the molecule is O=C(c1cc2ccc(N3CCN(C4CCCC4)CC3)nc2[nH]1)N1CCC(O)C1. The van der Waals surface area contributed by atoms with Gasteiger partial charge in [0.25, 0.3) is 5.91 Å². The highest BCUT2D eigenvalue weighted by molar-refractivity contribution is 5.97.